The number of hydrogen-bond acceptors (Lipinski definition) is 4. The van der Waals surface area contributed by atoms with E-state index in [2.05, 4.69) is 9.97 Å². The van der Waals surface area contributed by atoms with Crippen molar-refractivity contribution in [1.29, 1.82) is 0 Å². The third-order valence-corrected chi connectivity index (χ3v) is 2.77. The molecule has 1 aromatic carbocycles. The van der Waals surface area contributed by atoms with Crippen molar-refractivity contribution in [2.75, 3.05) is 12.3 Å². The summed E-state index contributed by atoms with van der Waals surface area (Å²) in [5.74, 6) is 1.41. The molecule has 0 saturated heterocycles. The van der Waals surface area contributed by atoms with Gasteiger partial charge in [-0.3, -0.25) is 0 Å². The molecule has 0 fully saturated rings. The van der Waals surface area contributed by atoms with Gasteiger partial charge >= 0.3 is 0 Å². The van der Waals surface area contributed by atoms with Crippen LogP contribution in [0.3, 0.4) is 0 Å². The lowest BCUT2D eigenvalue weighted by atomic mass is 10.0. The van der Waals surface area contributed by atoms with Crippen molar-refractivity contribution in [1.82, 2.24) is 9.97 Å². The topological polar surface area (TPSA) is 61.0 Å². The molecule has 4 nitrogen and oxygen atoms in total. The highest BCUT2D eigenvalue weighted by Crippen LogP contribution is 2.26. The van der Waals surface area contributed by atoms with Crippen LogP contribution in [0.15, 0.2) is 30.6 Å². The molecule has 4 heteroatoms. The van der Waals surface area contributed by atoms with E-state index >= 15 is 0 Å². The molecule has 94 valence electrons. The van der Waals surface area contributed by atoms with Gasteiger partial charge in [-0.2, -0.15) is 0 Å². The molecule has 0 spiro atoms. The van der Waals surface area contributed by atoms with E-state index in [-0.39, 0.29) is 0 Å². The summed E-state index contributed by atoms with van der Waals surface area (Å²) in [5.41, 5.74) is 8.79. The van der Waals surface area contributed by atoms with Gasteiger partial charge in [-0.25, -0.2) is 9.97 Å². The Morgan fingerprint density at radius 1 is 1.11 bits per heavy atom. The molecule has 0 radical (unpaired) electrons. The molecule has 2 rings (SSSR count). The zero-order valence-electron chi connectivity index (χ0n) is 10.7. The van der Waals surface area contributed by atoms with Gasteiger partial charge in [0.25, 0.3) is 0 Å². The molecule has 0 aliphatic carbocycles. The average Bonchev–Trinajstić information content (AvgIpc) is 2.40. The van der Waals surface area contributed by atoms with Crippen LogP contribution in [0.2, 0.25) is 0 Å². The van der Waals surface area contributed by atoms with Crippen LogP contribution in [0.25, 0.3) is 11.3 Å². The summed E-state index contributed by atoms with van der Waals surface area (Å²) in [6.07, 6.45) is 2.31. The first-order valence-corrected chi connectivity index (χ1v) is 6.08. The Kier molecular flexibility index (Phi) is 3.77. The predicted molar refractivity (Wildman–Crippen MR) is 72.4 cm³/mol. The van der Waals surface area contributed by atoms with E-state index < -0.39 is 0 Å². The molecular weight excluding hydrogens is 226 g/mol. The zero-order chi connectivity index (χ0) is 13.0. The summed E-state index contributed by atoms with van der Waals surface area (Å²) in [7, 11) is 0. The lowest BCUT2D eigenvalue weighted by molar-refractivity contribution is 0.340. The van der Waals surface area contributed by atoms with Crippen LogP contribution >= 0.6 is 0 Å². The Hall–Kier alpha value is -2.10. The molecule has 0 unspecified atom stereocenters. The van der Waals surface area contributed by atoms with Gasteiger partial charge < -0.3 is 10.5 Å². The van der Waals surface area contributed by atoms with Gasteiger partial charge in [0.05, 0.1) is 12.3 Å². The van der Waals surface area contributed by atoms with E-state index in [9.17, 15) is 0 Å². The molecule has 0 bridgehead atoms. The number of nitrogens with zero attached hydrogens (tertiary/aromatic N) is 2. The third-order valence-electron chi connectivity index (χ3n) is 2.77. The van der Waals surface area contributed by atoms with Crippen LogP contribution in [0.5, 0.6) is 5.75 Å². The van der Waals surface area contributed by atoms with Gasteiger partial charge in [-0.1, -0.05) is 6.92 Å². The van der Waals surface area contributed by atoms with Gasteiger partial charge in [0.2, 0.25) is 0 Å². The molecule has 0 atom stereocenters. The number of nitrogen functional groups attached to an aromatic ring is 1. The third kappa shape index (κ3) is 2.42. The molecule has 1 aromatic heterocycles. The minimum atomic E-state index is 0.552. The minimum absolute atomic E-state index is 0.552. The molecular formula is C14H17N3O. The Bertz CT molecular complexity index is 523. The van der Waals surface area contributed by atoms with Crippen molar-refractivity contribution in [3.05, 3.63) is 36.2 Å². The van der Waals surface area contributed by atoms with Crippen molar-refractivity contribution >= 4 is 5.82 Å². The molecule has 0 saturated carbocycles. The zero-order valence-corrected chi connectivity index (χ0v) is 10.7. The normalized spacial score (nSPS) is 10.3. The SMILES string of the molecule is CCOc1ccc(-c2ncnc(N)c2CC)cc1. The van der Waals surface area contributed by atoms with Crippen LogP contribution in [0.1, 0.15) is 19.4 Å². The molecule has 18 heavy (non-hydrogen) atoms. The number of aromatic nitrogens is 2. The summed E-state index contributed by atoms with van der Waals surface area (Å²) in [6.45, 7) is 4.68. The van der Waals surface area contributed by atoms with Crippen molar-refractivity contribution in [3.63, 3.8) is 0 Å². The Balaban J connectivity index is 2.39. The lowest BCUT2D eigenvalue weighted by Gasteiger charge is -2.09. The van der Waals surface area contributed by atoms with E-state index in [4.69, 9.17) is 10.5 Å². The highest BCUT2D eigenvalue weighted by molar-refractivity contribution is 5.67. The number of nitrogens with two attached hydrogens (primary N) is 1. The van der Waals surface area contributed by atoms with E-state index in [1.165, 1.54) is 6.33 Å². The van der Waals surface area contributed by atoms with Crippen LogP contribution in [-0.4, -0.2) is 16.6 Å². The maximum absolute atomic E-state index is 5.87. The van der Waals surface area contributed by atoms with Gasteiger partial charge in [0, 0.05) is 11.1 Å². The number of anilines is 1. The van der Waals surface area contributed by atoms with Crippen molar-refractivity contribution in [2.24, 2.45) is 0 Å². The van der Waals surface area contributed by atoms with Crippen molar-refractivity contribution in [2.45, 2.75) is 20.3 Å². The summed E-state index contributed by atoms with van der Waals surface area (Å²) < 4.78 is 5.42. The highest BCUT2D eigenvalue weighted by Gasteiger charge is 2.09. The summed E-state index contributed by atoms with van der Waals surface area (Å²) >= 11 is 0. The number of ether oxygens (including phenoxy) is 1. The van der Waals surface area contributed by atoms with Gasteiger partial charge in [-0.15, -0.1) is 0 Å². The lowest BCUT2D eigenvalue weighted by Crippen LogP contribution is -2.01. The molecule has 0 amide bonds. The first-order valence-electron chi connectivity index (χ1n) is 6.08. The standard InChI is InChI=1S/C14H17N3O/c1-3-12-13(16-9-17-14(12)15)10-5-7-11(8-6-10)18-4-2/h5-9H,3-4H2,1-2H3,(H2,15,16,17). The second-order valence-corrected chi connectivity index (χ2v) is 3.90. The number of benzene rings is 1. The van der Waals surface area contributed by atoms with Crippen LogP contribution in [-0.2, 0) is 6.42 Å². The smallest absolute Gasteiger partial charge is 0.130 e. The van der Waals surface area contributed by atoms with Crippen molar-refractivity contribution in [3.8, 4) is 17.0 Å². The molecule has 2 N–H and O–H groups in total. The fraction of sp³-hybridized carbons (Fsp3) is 0.286. The molecule has 0 aliphatic heterocycles. The van der Waals surface area contributed by atoms with Gasteiger partial charge in [0.15, 0.2) is 0 Å². The van der Waals surface area contributed by atoms with Crippen LogP contribution in [0, 0.1) is 0 Å². The number of rotatable bonds is 4. The second-order valence-electron chi connectivity index (χ2n) is 3.90. The fourth-order valence-corrected chi connectivity index (χ4v) is 1.90. The Labute approximate surface area is 107 Å². The first kappa shape index (κ1) is 12.4. The molecule has 0 aliphatic rings. The van der Waals surface area contributed by atoms with Crippen molar-refractivity contribution < 1.29 is 4.74 Å². The summed E-state index contributed by atoms with van der Waals surface area (Å²) in [4.78, 5) is 8.35. The largest absolute Gasteiger partial charge is 0.494 e. The molecule has 2 aromatic rings. The Morgan fingerprint density at radius 2 is 1.83 bits per heavy atom. The van der Waals surface area contributed by atoms with E-state index in [0.29, 0.717) is 12.4 Å². The van der Waals surface area contributed by atoms with Gasteiger partial charge in [-0.05, 0) is 37.6 Å². The molecule has 1 heterocycles. The summed E-state index contributed by atoms with van der Waals surface area (Å²) in [5, 5.41) is 0. The first-order chi connectivity index (χ1) is 8.76. The van der Waals surface area contributed by atoms with Gasteiger partial charge in [0.1, 0.15) is 17.9 Å². The monoisotopic (exact) mass is 243 g/mol. The van der Waals surface area contributed by atoms with E-state index in [0.717, 1.165) is 29.0 Å². The quantitative estimate of drug-likeness (QED) is 0.896. The second kappa shape index (κ2) is 5.49. The highest BCUT2D eigenvalue weighted by atomic mass is 16.5. The van der Waals surface area contributed by atoms with Crippen LogP contribution < -0.4 is 10.5 Å². The maximum atomic E-state index is 5.87. The van der Waals surface area contributed by atoms with E-state index in [1.807, 2.05) is 38.1 Å². The Morgan fingerprint density at radius 3 is 2.44 bits per heavy atom. The predicted octanol–water partition coefficient (Wildman–Crippen LogP) is 2.69. The fourth-order valence-electron chi connectivity index (χ4n) is 1.90. The number of hydrogen-bond donors (Lipinski definition) is 1. The van der Waals surface area contributed by atoms with Crippen LogP contribution in [0.4, 0.5) is 5.82 Å². The summed E-state index contributed by atoms with van der Waals surface area (Å²) in [6, 6.07) is 7.87. The van der Waals surface area contributed by atoms with E-state index in [1.54, 1.807) is 0 Å². The minimum Gasteiger partial charge on any atom is -0.494 e. The average molecular weight is 243 g/mol. The maximum Gasteiger partial charge on any atom is 0.130 e.